The number of hydrogen-bond acceptors (Lipinski definition) is 5. The van der Waals surface area contributed by atoms with Crippen molar-refractivity contribution in [3.05, 3.63) is 29.5 Å². The Bertz CT molecular complexity index is 509. The number of rotatable bonds is 4. The van der Waals surface area contributed by atoms with Crippen LogP contribution in [0.25, 0.3) is 10.8 Å². The van der Waals surface area contributed by atoms with Crippen LogP contribution in [0.1, 0.15) is 18.5 Å². The van der Waals surface area contributed by atoms with E-state index < -0.39 is 0 Å². The molecule has 1 N–H and O–H groups in total. The Labute approximate surface area is 116 Å². The molecule has 2 aromatic rings. The topological polar surface area (TPSA) is 49.5 Å². The lowest BCUT2D eigenvalue weighted by Crippen LogP contribution is -2.36. The van der Waals surface area contributed by atoms with Crippen molar-refractivity contribution in [2.45, 2.75) is 19.4 Å². The van der Waals surface area contributed by atoms with Crippen LogP contribution in [0, 0.1) is 5.92 Å². The molecule has 0 saturated carbocycles. The van der Waals surface area contributed by atoms with E-state index in [1.165, 1.54) is 0 Å². The van der Waals surface area contributed by atoms with Crippen molar-refractivity contribution < 1.29 is 9.52 Å². The highest BCUT2D eigenvalue weighted by molar-refractivity contribution is 7.13. The van der Waals surface area contributed by atoms with E-state index in [1.54, 1.807) is 17.6 Å². The quantitative estimate of drug-likeness (QED) is 0.934. The third-order valence-corrected chi connectivity index (χ3v) is 4.39. The van der Waals surface area contributed by atoms with E-state index in [-0.39, 0.29) is 6.61 Å². The molecule has 0 radical (unpaired) electrons. The van der Waals surface area contributed by atoms with Gasteiger partial charge in [0.2, 0.25) is 5.89 Å². The van der Waals surface area contributed by atoms with Crippen LogP contribution in [0.2, 0.25) is 0 Å². The van der Waals surface area contributed by atoms with E-state index in [9.17, 15) is 5.11 Å². The number of thiophene rings is 1. The first-order valence-electron chi connectivity index (χ1n) is 6.66. The van der Waals surface area contributed by atoms with Gasteiger partial charge in [-0.15, -0.1) is 11.3 Å². The van der Waals surface area contributed by atoms with E-state index in [2.05, 4.69) is 9.88 Å². The minimum Gasteiger partial charge on any atom is -0.444 e. The first-order chi connectivity index (χ1) is 9.35. The summed E-state index contributed by atoms with van der Waals surface area (Å²) in [6, 6.07) is 4.02. The predicted octanol–water partition coefficient (Wildman–Crippen LogP) is 2.61. The molecule has 0 aliphatic carbocycles. The summed E-state index contributed by atoms with van der Waals surface area (Å²) >= 11 is 1.64. The normalized spacial score (nSPS) is 20.8. The Morgan fingerprint density at radius 2 is 2.47 bits per heavy atom. The van der Waals surface area contributed by atoms with Crippen molar-refractivity contribution in [2.24, 2.45) is 5.92 Å². The van der Waals surface area contributed by atoms with Crippen molar-refractivity contribution >= 4 is 11.3 Å². The molecular formula is C14H18N2O2S. The first kappa shape index (κ1) is 12.8. The smallest absolute Gasteiger partial charge is 0.236 e. The van der Waals surface area contributed by atoms with Crippen LogP contribution < -0.4 is 0 Å². The Hall–Kier alpha value is -1.17. The van der Waals surface area contributed by atoms with Gasteiger partial charge < -0.3 is 9.52 Å². The first-order valence-corrected chi connectivity index (χ1v) is 7.54. The van der Waals surface area contributed by atoms with Gasteiger partial charge >= 0.3 is 0 Å². The monoisotopic (exact) mass is 278 g/mol. The van der Waals surface area contributed by atoms with Crippen LogP contribution in [-0.4, -0.2) is 34.7 Å². The number of piperidine rings is 1. The Kier molecular flexibility index (Phi) is 3.96. The van der Waals surface area contributed by atoms with Gasteiger partial charge in [0.1, 0.15) is 6.26 Å². The van der Waals surface area contributed by atoms with Gasteiger partial charge in [-0.1, -0.05) is 6.07 Å². The summed E-state index contributed by atoms with van der Waals surface area (Å²) in [6.45, 7) is 3.14. The third-order valence-electron chi connectivity index (χ3n) is 3.53. The SMILES string of the molecule is OCC1CCCN(Cc2coc(-c3cccs3)n2)C1. The molecule has 1 saturated heterocycles. The summed E-state index contributed by atoms with van der Waals surface area (Å²) in [5, 5.41) is 11.3. The fourth-order valence-corrected chi connectivity index (χ4v) is 3.22. The number of likely N-dealkylation sites (tertiary alicyclic amines) is 1. The molecule has 0 spiro atoms. The average molecular weight is 278 g/mol. The Morgan fingerprint density at radius 1 is 1.53 bits per heavy atom. The standard InChI is InChI=1S/C14H18N2O2S/c17-9-11-3-1-5-16(7-11)8-12-10-18-14(15-12)13-4-2-6-19-13/h2,4,6,10-11,17H,1,3,5,7-9H2. The van der Waals surface area contributed by atoms with E-state index >= 15 is 0 Å². The molecule has 1 atom stereocenters. The van der Waals surface area contributed by atoms with Gasteiger partial charge in [0, 0.05) is 19.7 Å². The van der Waals surface area contributed by atoms with E-state index in [1.807, 2.05) is 17.5 Å². The Morgan fingerprint density at radius 3 is 3.26 bits per heavy atom. The molecule has 5 heteroatoms. The van der Waals surface area contributed by atoms with Gasteiger partial charge in [0.15, 0.2) is 0 Å². The van der Waals surface area contributed by atoms with Crippen LogP contribution in [0.5, 0.6) is 0 Å². The van der Waals surface area contributed by atoms with Crippen LogP contribution in [-0.2, 0) is 6.54 Å². The van der Waals surface area contributed by atoms with Gasteiger partial charge in [0.05, 0.1) is 10.6 Å². The largest absolute Gasteiger partial charge is 0.444 e. The molecule has 3 rings (SSSR count). The molecule has 19 heavy (non-hydrogen) atoms. The number of aliphatic hydroxyl groups is 1. The molecule has 1 aliphatic rings. The molecule has 1 unspecified atom stereocenters. The summed E-state index contributed by atoms with van der Waals surface area (Å²) in [6.07, 6.45) is 4.03. The number of aliphatic hydroxyl groups excluding tert-OH is 1. The lowest BCUT2D eigenvalue weighted by molar-refractivity contribution is 0.115. The maximum Gasteiger partial charge on any atom is 0.236 e. The molecule has 1 fully saturated rings. The highest BCUT2D eigenvalue weighted by Crippen LogP contribution is 2.24. The fourth-order valence-electron chi connectivity index (χ4n) is 2.57. The number of aromatic nitrogens is 1. The van der Waals surface area contributed by atoms with E-state index in [0.717, 1.165) is 43.0 Å². The highest BCUT2D eigenvalue weighted by Gasteiger charge is 2.20. The van der Waals surface area contributed by atoms with E-state index in [4.69, 9.17) is 4.42 Å². The minimum absolute atomic E-state index is 0.287. The number of hydrogen-bond donors (Lipinski definition) is 1. The molecule has 2 aromatic heterocycles. The summed E-state index contributed by atoms with van der Waals surface area (Å²) in [5.41, 5.74) is 0.974. The van der Waals surface area contributed by atoms with Gasteiger partial charge in [-0.05, 0) is 36.8 Å². The van der Waals surface area contributed by atoms with Crippen LogP contribution >= 0.6 is 11.3 Å². The second kappa shape index (κ2) is 5.86. The fraction of sp³-hybridized carbons (Fsp3) is 0.500. The van der Waals surface area contributed by atoms with Gasteiger partial charge in [-0.2, -0.15) is 0 Å². The predicted molar refractivity (Wildman–Crippen MR) is 74.9 cm³/mol. The van der Waals surface area contributed by atoms with Crippen LogP contribution in [0.3, 0.4) is 0 Å². The lowest BCUT2D eigenvalue weighted by Gasteiger charge is -2.30. The zero-order valence-corrected chi connectivity index (χ0v) is 11.6. The van der Waals surface area contributed by atoms with Crippen molar-refractivity contribution in [3.63, 3.8) is 0 Å². The molecule has 0 amide bonds. The molecule has 4 nitrogen and oxygen atoms in total. The minimum atomic E-state index is 0.287. The van der Waals surface area contributed by atoms with Crippen molar-refractivity contribution in [2.75, 3.05) is 19.7 Å². The van der Waals surface area contributed by atoms with E-state index in [0.29, 0.717) is 11.8 Å². The summed E-state index contributed by atoms with van der Waals surface area (Å²) < 4.78 is 5.53. The Balaban J connectivity index is 1.64. The summed E-state index contributed by atoms with van der Waals surface area (Å²) in [5.74, 6) is 1.12. The van der Waals surface area contributed by atoms with Gasteiger partial charge in [0.25, 0.3) is 0 Å². The zero-order valence-electron chi connectivity index (χ0n) is 10.8. The number of nitrogens with zero attached hydrogens (tertiary/aromatic N) is 2. The van der Waals surface area contributed by atoms with Crippen LogP contribution in [0.4, 0.5) is 0 Å². The molecule has 3 heterocycles. The lowest BCUT2D eigenvalue weighted by atomic mass is 9.99. The second-order valence-corrected chi connectivity index (χ2v) is 5.99. The second-order valence-electron chi connectivity index (χ2n) is 5.05. The third kappa shape index (κ3) is 3.05. The average Bonchev–Trinajstić information content (AvgIpc) is 3.09. The molecular weight excluding hydrogens is 260 g/mol. The van der Waals surface area contributed by atoms with Gasteiger partial charge in [-0.3, -0.25) is 4.90 Å². The maximum absolute atomic E-state index is 9.24. The zero-order chi connectivity index (χ0) is 13.1. The molecule has 0 bridgehead atoms. The molecule has 1 aliphatic heterocycles. The summed E-state index contributed by atoms with van der Waals surface area (Å²) in [7, 11) is 0. The van der Waals surface area contributed by atoms with Gasteiger partial charge in [-0.25, -0.2) is 4.98 Å². The van der Waals surface area contributed by atoms with Crippen molar-refractivity contribution in [3.8, 4) is 10.8 Å². The summed E-state index contributed by atoms with van der Waals surface area (Å²) in [4.78, 5) is 7.95. The number of oxazole rings is 1. The van der Waals surface area contributed by atoms with Crippen molar-refractivity contribution in [1.82, 2.24) is 9.88 Å². The molecule has 0 aromatic carbocycles. The molecule has 102 valence electrons. The highest BCUT2D eigenvalue weighted by atomic mass is 32.1. The van der Waals surface area contributed by atoms with Crippen molar-refractivity contribution in [1.29, 1.82) is 0 Å². The van der Waals surface area contributed by atoms with Crippen LogP contribution in [0.15, 0.2) is 28.2 Å². The maximum atomic E-state index is 9.24.